The molecular weight excluding hydrogens is 461 g/mol. The molecule has 0 bridgehead atoms. The molecule has 0 radical (unpaired) electrons. The molecule has 0 amide bonds. The van der Waals surface area contributed by atoms with Crippen molar-refractivity contribution in [3.8, 4) is 16.9 Å². The Hall–Kier alpha value is -3.48. The van der Waals surface area contributed by atoms with Crippen molar-refractivity contribution in [3.63, 3.8) is 0 Å². The molecule has 36 heavy (non-hydrogen) atoms. The number of aromatic nitrogens is 4. The normalized spacial score (nSPS) is 12.7. The summed E-state index contributed by atoms with van der Waals surface area (Å²) in [6.07, 6.45) is -3.50. The monoisotopic (exact) mass is 492 g/mol. The lowest BCUT2D eigenvalue weighted by atomic mass is 9.79. The number of nitrogens with zero attached hydrogens (tertiary/aromatic N) is 4. The Morgan fingerprint density at radius 2 is 1.47 bits per heavy atom. The van der Waals surface area contributed by atoms with Crippen molar-refractivity contribution in [1.29, 1.82) is 0 Å². The molecule has 4 aromatic rings. The molecule has 0 fully saturated rings. The van der Waals surface area contributed by atoms with Gasteiger partial charge in [-0.1, -0.05) is 39.0 Å². The Labute approximate surface area is 210 Å². The number of alkyl halides is 3. The fourth-order valence-corrected chi connectivity index (χ4v) is 4.26. The van der Waals surface area contributed by atoms with E-state index in [0.717, 1.165) is 28.7 Å². The number of hydrogen-bond acceptors (Lipinski definition) is 3. The van der Waals surface area contributed by atoms with Gasteiger partial charge in [0.2, 0.25) is 0 Å². The largest absolute Gasteiger partial charge is 0.419 e. The molecule has 3 aromatic heterocycles. The fraction of sp³-hybridized carbons (Fsp3) is 0.345. The van der Waals surface area contributed by atoms with Gasteiger partial charge in [0.05, 0.1) is 33.7 Å². The van der Waals surface area contributed by atoms with Gasteiger partial charge in [0.15, 0.2) is 0 Å². The standard InChI is InChI=1S/C29H31F3N4/c1-18-13-14-22(19(2)33-18)24-15-20(27(3,4)5)16-25(34-24)28(6,7)26-23(29(30,31)32)17-36(35-26)21-11-9-8-10-12-21/h8-17H,1-7H3. The molecule has 0 unspecified atom stereocenters. The third-order valence-electron chi connectivity index (χ3n) is 6.47. The molecule has 4 nitrogen and oxygen atoms in total. The number of rotatable bonds is 4. The predicted octanol–water partition coefficient (Wildman–Crippen LogP) is 7.59. The number of pyridine rings is 2. The minimum atomic E-state index is -4.57. The van der Waals surface area contributed by atoms with Gasteiger partial charge in [-0.25, -0.2) is 4.68 Å². The van der Waals surface area contributed by atoms with Crippen molar-refractivity contribution in [3.05, 3.63) is 94.7 Å². The molecule has 0 saturated carbocycles. The first-order chi connectivity index (χ1) is 16.7. The van der Waals surface area contributed by atoms with E-state index in [0.29, 0.717) is 17.1 Å². The van der Waals surface area contributed by atoms with Gasteiger partial charge in [-0.05, 0) is 75.1 Å². The molecular formula is C29H31F3N4. The first-order valence-electron chi connectivity index (χ1n) is 11.9. The van der Waals surface area contributed by atoms with E-state index < -0.39 is 17.2 Å². The quantitative estimate of drug-likeness (QED) is 0.295. The van der Waals surface area contributed by atoms with E-state index in [-0.39, 0.29) is 11.1 Å². The van der Waals surface area contributed by atoms with Crippen LogP contribution in [0.25, 0.3) is 16.9 Å². The molecule has 0 N–H and O–H groups in total. The number of aryl methyl sites for hydroxylation is 2. The topological polar surface area (TPSA) is 43.6 Å². The maximum absolute atomic E-state index is 14.2. The summed E-state index contributed by atoms with van der Waals surface area (Å²) in [4.78, 5) is 9.47. The molecule has 0 aliphatic rings. The van der Waals surface area contributed by atoms with Crippen LogP contribution in [0, 0.1) is 13.8 Å². The number of halogens is 3. The minimum Gasteiger partial charge on any atom is -0.258 e. The van der Waals surface area contributed by atoms with E-state index in [4.69, 9.17) is 4.98 Å². The summed E-state index contributed by atoms with van der Waals surface area (Å²) in [5.41, 5.74) is 3.10. The van der Waals surface area contributed by atoms with Crippen LogP contribution in [-0.4, -0.2) is 19.7 Å². The molecule has 0 spiro atoms. The predicted molar refractivity (Wildman–Crippen MR) is 136 cm³/mol. The summed E-state index contributed by atoms with van der Waals surface area (Å²) < 4.78 is 44.0. The Morgan fingerprint density at radius 3 is 2.06 bits per heavy atom. The van der Waals surface area contributed by atoms with Crippen LogP contribution < -0.4 is 0 Å². The van der Waals surface area contributed by atoms with Crippen LogP contribution in [0.3, 0.4) is 0 Å². The van der Waals surface area contributed by atoms with Crippen molar-refractivity contribution >= 4 is 0 Å². The molecule has 4 rings (SSSR count). The maximum Gasteiger partial charge on any atom is 0.419 e. The second-order valence-electron chi connectivity index (χ2n) is 10.8. The Kier molecular flexibility index (Phi) is 6.31. The van der Waals surface area contributed by atoms with Crippen molar-refractivity contribution < 1.29 is 13.2 Å². The van der Waals surface area contributed by atoms with Crippen LogP contribution in [0.4, 0.5) is 13.2 Å². The summed E-state index contributed by atoms with van der Waals surface area (Å²) in [6.45, 7) is 13.6. The van der Waals surface area contributed by atoms with E-state index >= 15 is 0 Å². The van der Waals surface area contributed by atoms with Crippen LogP contribution >= 0.6 is 0 Å². The summed E-state index contributed by atoms with van der Waals surface area (Å²) in [6, 6.07) is 16.6. The summed E-state index contributed by atoms with van der Waals surface area (Å²) in [5, 5.41) is 4.46. The number of benzene rings is 1. The van der Waals surface area contributed by atoms with E-state index in [2.05, 4.69) is 30.9 Å². The van der Waals surface area contributed by atoms with Gasteiger partial charge in [0.25, 0.3) is 0 Å². The average molecular weight is 493 g/mol. The van der Waals surface area contributed by atoms with Gasteiger partial charge in [-0.15, -0.1) is 0 Å². The van der Waals surface area contributed by atoms with Crippen molar-refractivity contribution in [2.24, 2.45) is 0 Å². The Morgan fingerprint density at radius 1 is 0.806 bits per heavy atom. The highest BCUT2D eigenvalue weighted by molar-refractivity contribution is 5.64. The molecule has 188 valence electrons. The third-order valence-corrected chi connectivity index (χ3v) is 6.47. The summed E-state index contributed by atoms with van der Waals surface area (Å²) in [7, 11) is 0. The Balaban J connectivity index is 1.95. The summed E-state index contributed by atoms with van der Waals surface area (Å²) >= 11 is 0. The second-order valence-corrected chi connectivity index (χ2v) is 10.8. The zero-order valence-corrected chi connectivity index (χ0v) is 21.7. The van der Waals surface area contributed by atoms with E-state index in [1.54, 1.807) is 38.1 Å². The van der Waals surface area contributed by atoms with Gasteiger partial charge in [-0.3, -0.25) is 9.97 Å². The summed E-state index contributed by atoms with van der Waals surface area (Å²) in [5.74, 6) is 0. The number of hydrogen-bond donors (Lipinski definition) is 0. The van der Waals surface area contributed by atoms with Gasteiger partial charge >= 0.3 is 6.18 Å². The number of para-hydroxylation sites is 1. The minimum absolute atomic E-state index is 0.0675. The third kappa shape index (κ3) is 4.92. The van der Waals surface area contributed by atoms with E-state index in [1.165, 1.54) is 4.68 Å². The molecule has 0 aliphatic heterocycles. The van der Waals surface area contributed by atoms with Crippen molar-refractivity contribution in [2.75, 3.05) is 0 Å². The molecule has 1 aromatic carbocycles. The zero-order valence-electron chi connectivity index (χ0n) is 21.7. The molecule has 0 aliphatic carbocycles. The van der Waals surface area contributed by atoms with Gasteiger partial charge in [0, 0.05) is 23.1 Å². The van der Waals surface area contributed by atoms with Crippen LogP contribution in [0.5, 0.6) is 0 Å². The van der Waals surface area contributed by atoms with Crippen molar-refractivity contribution in [1.82, 2.24) is 19.7 Å². The van der Waals surface area contributed by atoms with Gasteiger partial charge in [-0.2, -0.15) is 18.3 Å². The van der Waals surface area contributed by atoms with Gasteiger partial charge < -0.3 is 0 Å². The van der Waals surface area contributed by atoms with Gasteiger partial charge in [0.1, 0.15) is 0 Å². The molecule has 7 heteroatoms. The smallest absolute Gasteiger partial charge is 0.258 e. The highest BCUT2D eigenvalue weighted by Gasteiger charge is 2.42. The fourth-order valence-electron chi connectivity index (χ4n) is 4.26. The van der Waals surface area contributed by atoms with E-state index in [9.17, 15) is 13.2 Å². The SMILES string of the molecule is Cc1ccc(-c2cc(C(C)(C)C)cc(C(C)(C)c3nn(-c4ccccc4)cc3C(F)(F)F)n2)c(C)n1. The highest BCUT2D eigenvalue weighted by Crippen LogP contribution is 2.41. The molecule has 0 saturated heterocycles. The highest BCUT2D eigenvalue weighted by atomic mass is 19.4. The second kappa shape index (κ2) is 8.87. The first kappa shape index (κ1) is 25.6. The first-order valence-corrected chi connectivity index (χ1v) is 11.9. The Bertz CT molecular complexity index is 1390. The zero-order chi connectivity index (χ0) is 26.5. The van der Waals surface area contributed by atoms with Crippen LogP contribution in [-0.2, 0) is 17.0 Å². The lowest BCUT2D eigenvalue weighted by molar-refractivity contribution is -0.138. The van der Waals surface area contributed by atoms with Crippen LogP contribution in [0.1, 0.15) is 68.5 Å². The van der Waals surface area contributed by atoms with Crippen LogP contribution in [0.2, 0.25) is 0 Å². The van der Waals surface area contributed by atoms with Crippen molar-refractivity contribution in [2.45, 2.75) is 65.5 Å². The average Bonchev–Trinajstić information content (AvgIpc) is 3.26. The van der Waals surface area contributed by atoms with E-state index in [1.807, 2.05) is 44.2 Å². The van der Waals surface area contributed by atoms with Crippen LogP contribution in [0.15, 0.2) is 60.8 Å². The lowest BCUT2D eigenvalue weighted by Gasteiger charge is -2.28. The lowest BCUT2D eigenvalue weighted by Crippen LogP contribution is -2.26. The maximum atomic E-state index is 14.2. The molecule has 0 atom stereocenters. The molecule has 3 heterocycles.